The topological polar surface area (TPSA) is 51.2 Å². The Kier molecular flexibility index (Phi) is 2.97. The van der Waals surface area contributed by atoms with Crippen LogP contribution >= 0.6 is 12.6 Å². The number of hydrogen-bond acceptors (Lipinski definition) is 4. The third-order valence-electron chi connectivity index (χ3n) is 1.58. The fraction of sp³-hybridized carbons (Fsp3) is 0. The van der Waals surface area contributed by atoms with Gasteiger partial charge in [-0.2, -0.15) is 0 Å². The molecule has 0 aliphatic carbocycles. The van der Waals surface area contributed by atoms with E-state index in [-0.39, 0.29) is 11.1 Å². The first-order valence-corrected chi connectivity index (χ1v) is 3.90. The Morgan fingerprint density at radius 3 is 1.69 bits per heavy atom. The normalized spacial score (nSPS) is 9.31. The summed E-state index contributed by atoms with van der Waals surface area (Å²) >= 11 is 3.98. The lowest BCUT2D eigenvalue weighted by atomic mass is 10.1. The molecule has 0 spiro atoms. The second-order valence-electron chi connectivity index (χ2n) is 2.40. The first kappa shape index (κ1) is 9.67. The molecule has 66 valence electrons. The van der Waals surface area contributed by atoms with Gasteiger partial charge < -0.3 is 0 Å². The third kappa shape index (κ3) is 1.84. The van der Waals surface area contributed by atoms with Crippen LogP contribution in [0.15, 0.2) is 17.0 Å². The average Bonchev–Trinajstić information content (AvgIpc) is 2.18. The summed E-state index contributed by atoms with van der Waals surface area (Å²) in [6.45, 7) is 0. The van der Waals surface area contributed by atoms with Crippen LogP contribution in [-0.2, 0) is 0 Å². The molecular formula is C9H6O3S. The van der Waals surface area contributed by atoms with E-state index < -0.39 is 0 Å². The van der Waals surface area contributed by atoms with Crippen molar-refractivity contribution in [3.05, 3.63) is 28.8 Å². The number of rotatable bonds is 3. The van der Waals surface area contributed by atoms with Crippen LogP contribution < -0.4 is 0 Å². The quantitative estimate of drug-likeness (QED) is 0.584. The zero-order valence-corrected chi connectivity index (χ0v) is 7.45. The first-order chi connectivity index (χ1) is 6.22. The van der Waals surface area contributed by atoms with Gasteiger partial charge in [-0.15, -0.1) is 12.6 Å². The lowest BCUT2D eigenvalue weighted by molar-refractivity contribution is 0.111. The Balaban J connectivity index is 3.44. The number of carbonyl (C=O) groups excluding carboxylic acids is 3. The Morgan fingerprint density at radius 1 is 0.923 bits per heavy atom. The first-order valence-electron chi connectivity index (χ1n) is 3.45. The van der Waals surface area contributed by atoms with Gasteiger partial charge in [0, 0.05) is 21.6 Å². The second kappa shape index (κ2) is 4.00. The van der Waals surface area contributed by atoms with Crippen molar-refractivity contribution < 1.29 is 14.4 Å². The van der Waals surface area contributed by atoms with E-state index in [1.807, 2.05) is 0 Å². The maximum atomic E-state index is 10.5. The standard InChI is InChI=1S/C9H6O3S/c10-3-6-1-7(4-11)9(13)8(2-6)5-12/h1-5,13H. The zero-order valence-electron chi connectivity index (χ0n) is 6.56. The van der Waals surface area contributed by atoms with Crippen LogP contribution in [0, 0.1) is 0 Å². The Bertz CT molecular complexity index is 342. The maximum Gasteiger partial charge on any atom is 0.151 e. The Hall–Kier alpha value is -1.42. The minimum atomic E-state index is 0.245. The van der Waals surface area contributed by atoms with E-state index in [2.05, 4.69) is 12.6 Å². The summed E-state index contributed by atoms with van der Waals surface area (Å²) in [7, 11) is 0. The molecule has 4 heteroatoms. The van der Waals surface area contributed by atoms with Gasteiger partial charge >= 0.3 is 0 Å². The molecule has 0 heterocycles. The zero-order chi connectivity index (χ0) is 9.84. The number of thiol groups is 1. The highest BCUT2D eigenvalue weighted by atomic mass is 32.1. The molecule has 0 aliphatic heterocycles. The van der Waals surface area contributed by atoms with Crippen molar-refractivity contribution in [1.29, 1.82) is 0 Å². The van der Waals surface area contributed by atoms with Crippen molar-refractivity contribution in [2.24, 2.45) is 0 Å². The van der Waals surface area contributed by atoms with E-state index in [4.69, 9.17) is 0 Å². The summed E-state index contributed by atoms with van der Waals surface area (Å²) < 4.78 is 0. The van der Waals surface area contributed by atoms with Crippen LogP contribution in [0.3, 0.4) is 0 Å². The molecule has 13 heavy (non-hydrogen) atoms. The number of benzene rings is 1. The van der Waals surface area contributed by atoms with Crippen LogP contribution in [0.4, 0.5) is 0 Å². The monoisotopic (exact) mass is 194 g/mol. The molecule has 1 aromatic rings. The fourth-order valence-electron chi connectivity index (χ4n) is 0.952. The molecule has 1 aromatic carbocycles. The van der Waals surface area contributed by atoms with Gasteiger partial charge in [-0.1, -0.05) is 0 Å². The van der Waals surface area contributed by atoms with E-state index >= 15 is 0 Å². The predicted octanol–water partition coefficient (Wildman–Crippen LogP) is 1.41. The van der Waals surface area contributed by atoms with E-state index in [0.717, 1.165) is 0 Å². The number of aldehydes is 3. The second-order valence-corrected chi connectivity index (χ2v) is 2.85. The van der Waals surface area contributed by atoms with Gasteiger partial charge in [0.1, 0.15) is 6.29 Å². The highest BCUT2D eigenvalue weighted by Gasteiger charge is 2.06. The largest absolute Gasteiger partial charge is 0.298 e. The van der Waals surface area contributed by atoms with Crippen molar-refractivity contribution in [1.82, 2.24) is 0 Å². The lowest BCUT2D eigenvalue weighted by Crippen LogP contribution is -1.93. The van der Waals surface area contributed by atoms with Gasteiger partial charge in [0.2, 0.25) is 0 Å². The number of hydrogen-bond donors (Lipinski definition) is 1. The minimum Gasteiger partial charge on any atom is -0.298 e. The molecule has 0 aromatic heterocycles. The molecule has 0 fully saturated rings. The summed E-state index contributed by atoms with van der Waals surface area (Å²) in [6.07, 6.45) is 1.69. The van der Waals surface area contributed by atoms with E-state index in [1.165, 1.54) is 12.1 Å². The van der Waals surface area contributed by atoms with Gasteiger partial charge in [-0.25, -0.2) is 0 Å². The molecule has 0 saturated heterocycles. The van der Waals surface area contributed by atoms with Gasteiger partial charge in [0.25, 0.3) is 0 Å². The predicted molar refractivity (Wildman–Crippen MR) is 49.9 cm³/mol. The Morgan fingerprint density at radius 2 is 1.38 bits per heavy atom. The highest BCUT2D eigenvalue weighted by molar-refractivity contribution is 7.80. The summed E-state index contributed by atoms with van der Waals surface area (Å²) in [5.41, 5.74) is 0.784. The Labute approximate surface area is 80.2 Å². The molecule has 0 unspecified atom stereocenters. The number of carbonyl (C=O) groups is 3. The SMILES string of the molecule is O=Cc1cc(C=O)c(S)c(C=O)c1. The van der Waals surface area contributed by atoms with E-state index in [9.17, 15) is 14.4 Å². The van der Waals surface area contributed by atoms with Gasteiger partial charge in [-0.3, -0.25) is 14.4 Å². The average molecular weight is 194 g/mol. The maximum absolute atomic E-state index is 10.5. The molecule has 0 atom stereocenters. The summed E-state index contributed by atoms with van der Waals surface area (Å²) in [6, 6.07) is 2.77. The van der Waals surface area contributed by atoms with Crippen LogP contribution in [0.1, 0.15) is 31.1 Å². The van der Waals surface area contributed by atoms with Crippen LogP contribution in [0.25, 0.3) is 0 Å². The van der Waals surface area contributed by atoms with Crippen LogP contribution in [0.5, 0.6) is 0 Å². The summed E-state index contributed by atoms with van der Waals surface area (Å²) in [4.78, 5) is 31.7. The molecule has 3 nitrogen and oxygen atoms in total. The minimum absolute atomic E-state index is 0.245. The van der Waals surface area contributed by atoms with Gasteiger partial charge in [0.05, 0.1) is 0 Å². The third-order valence-corrected chi connectivity index (χ3v) is 2.10. The molecular weight excluding hydrogens is 188 g/mol. The molecule has 0 N–H and O–H groups in total. The molecule has 1 rings (SSSR count). The van der Waals surface area contributed by atoms with Crippen molar-refractivity contribution >= 4 is 31.5 Å². The van der Waals surface area contributed by atoms with Crippen LogP contribution in [0.2, 0.25) is 0 Å². The van der Waals surface area contributed by atoms with E-state index in [0.29, 0.717) is 29.3 Å². The van der Waals surface area contributed by atoms with Gasteiger partial charge in [-0.05, 0) is 12.1 Å². The summed E-state index contributed by atoms with van der Waals surface area (Å²) in [5, 5.41) is 0. The van der Waals surface area contributed by atoms with Gasteiger partial charge in [0.15, 0.2) is 12.6 Å². The fourth-order valence-corrected chi connectivity index (χ4v) is 1.19. The molecule has 0 radical (unpaired) electrons. The van der Waals surface area contributed by atoms with E-state index in [1.54, 1.807) is 0 Å². The van der Waals surface area contributed by atoms with Crippen molar-refractivity contribution in [2.45, 2.75) is 4.90 Å². The molecule has 0 bridgehead atoms. The highest BCUT2D eigenvalue weighted by Crippen LogP contribution is 2.18. The molecule has 0 aliphatic rings. The molecule has 0 amide bonds. The van der Waals surface area contributed by atoms with Crippen LogP contribution in [-0.4, -0.2) is 18.9 Å². The molecule has 0 saturated carbocycles. The smallest absolute Gasteiger partial charge is 0.151 e. The van der Waals surface area contributed by atoms with Crippen molar-refractivity contribution in [3.63, 3.8) is 0 Å². The van der Waals surface area contributed by atoms with Crippen molar-refractivity contribution in [2.75, 3.05) is 0 Å². The van der Waals surface area contributed by atoms with Crippen molar-refractivity contribution in [3.8, 4) is 0 Å². The lowest BCUT2D eigenvalue weighted by Gasteiger charge is -2.01. The summed E-state index contributed by atoms with van der Waals surface area (Å²) in [5.74, 6) is 0.